The van der Waals surface area contributed by atoms with E-state index in [2.05, 4.69) is 4.98 Å². The van der Waals surface area contributed by atoms with Crippen LogP contribution in [0.3, 0.4) is 0 Å². The average molecular weight is 325 g/mol. The SMILES string of the molecule is Cc1cc(Cl)cnc1C(C)(C)Oc1ccc([N+](=O)[O-])cc1F. The number of halogens is 2. The van der Waals surface area contributed by atoms with E-state index in [-0.39, 0.29) is 11.4 Å². The third kappa shape index (κ3) is 3.33. The van der Waals surface area contributed by atoms with Crippen LogP contribution in [0, 0.1) is 22.9 Å². The number of hydrogen-bond donors (Lipinski definition) is 0. The molecular formula is C15H14ClFN2O3. The van der Waals surface area contributed by atoms with Gasteiger partial charge in [0.15, 0.2) is 11.6 Å². The second-order valence-electron chi connectivity index (χ2n) is 5.30. The minimum absolute atomic E-state index is 0.0771. The van der Waals surface area contributed by atoms with Gasteiger partial charge in [-0.05, 0) is 38.5 Å². The predicted molar refractivity (Wildman–Crippen MR) is 80.7 cm³/mol. The summed E-state index contributed by atoms with van der Waals surface area (Å²) in [5, 5.41) is 11.1. The number of non-ortho nitro benzene ring substituents is 1. The molecule has 0 aliphatic carbocycles. The van der Waals surface area contributed by atoms with Crippen LogP contribution in [0.2, 0.25) is 5.02 Å². The van der Waals surface area contributed by atoms with Crippen LogP contribution in [0.4, 0.5) is 10.1 Å². The smallest absolute Gasteiger partial charge is 0.272 e. The molecule has 2 rings (SSSR count). The Balaban J connectivity index is 2.34. The normalized spacial score (nSPS) is 11.3. The van der Waals surface area contributed by atoms with E-state index in [0.717, 1.165) is 11.6 Å². The molecule has 0 aliphatic heterocycles. The van der Waals surface area contributed by atoms with E-state index >= 15 is 0 Å². The standard InChI is InChI=1S/C15H14ClFN2O3/c1-9-6-10(16)8-18-14(9)15(2,3)22-13-5-4-11(19(20)21)7-12(13)17/h4-8H,1-3H3. The monoisotopic (exact) mass is 324 g/mol. The fourth-order valence-corrected chi connectivity index (χ4v) is 2.39. The number of rotatable bonds is 4. The van der Waals surface area contributed by atoms with E-state index in [9.17, 15) is 14.5 Å². The molecule has 0 aliphatic rings. The highest BCUT2D eigenvalue weighted by Gasteiger charge is 2.28. The van der Waals surface area contributed by atoms with Crippen molar-refractivity contribution in [2.24, 2.45) is 0 Å². The fourth-order valence-electron chi connectivity index (χ4n) is 2.18. The molecule has 2 aromatic rings. The molecule has 1 aromatic heterocycles. The zero-order valence-electron chi connectivity index (χ0n) is 12.3. The zero-order chi connectivity index (χ0) is 16.5. The minimum atomic E-state index is -0.925. The number of hydrogen-bond acceptors (Lipinski definition) is 4. The summed E-state index contributed by atoms with van der Waals surface area (Å²) in [5.41, 5.74) is 0.156. The number of benzene rings is 1. The van der Waals surface area contributed by atoms with Gasteiger partial charge in [0.2, 0.25) is 0 Å². The number of pyridine rings is 1. The molecule has 0 spiro atoms. The van der Waals surface area contributed by atoms with Crippen LogP contribution in [-0.4, -0.2) is 9.91 Å². The maximum absolute atomic E-state index is 14.0. The molecule has 0 fully saturated rings. The molecule has 1 aromatic carbocycles. The molecule has 0 atom stereocenters. The molecule has 1 heterocycles. The van der Waals surface area contributed by atoms with E-state index in [1.807, 2.05) is 6.92 Å². The predicted octanol–water partition coefficient (Wildman–Crippen LogP) is 4.40. The molecule has 0 N–H and O–H groups in total. The Labute approximate surface area is 131 Å². The second-order valence-corrected chi connectivity index (χ2v) is 5.74. The molecule has 7 heteroatoms. The Kier molecular flexibility index (Phi) is 4.32. The van der Waals surface area contributed by atoms with Crippen molar-refractivity contribution in [1.82, 2.24) is 4.98 Å². The van der Waals surface area contributed by atoms with Gasteiger partial charge in [-0.25, -0.2) is 4.39 Å². The van der Waals surface area contributed by atoms with Gasteiger partial charge in [-0.2, -0.15) is 0 Å². The van der Waals surface area contributed by atoms with Gasteiger partial charge in [-0.3, -0.25) is 15.1 Å². The maximum atomic E-state index is 14.0. The van der Waals surface area contributed by atoms with Crippen molar-refractivity contribution in [2.45, 2.75) is 26.4 Å². The van der Waals surface area contributed by atoms with Crippen molar-refractivity contribution in [3.8, 4) is 5.75 Å². The summed E-state index contributed by atoms with van der Waals surface area (Å²) in [6.45, 7) is 5.29. The van der Waals surface area contributed by atoms with Gasteiger partial charge in [0.25, 0.3) is 5.69 Å². The zero-order valence-corrected chi connectivity index (χ0v) is 13.0. The molecule has 0 saturated heterocycles. The van der Waals surface area contributed by atoms with Crippen molar-refractivity contribution in [3.63, 3.8) is 0 Å². The van der Waals surface area contributed by atoms with Crippen molar-refractivity contribution in [2.75, 3.05) is 0 Å². The van der Waals surface area contributed by atoms with Crippen molar-refractivity contribution in [1.29, 1.82) is 0 Å². The third-order valence-corrected chi connectivity index (χ3v) is 3.31. The number of ether oxygens (including phenoxy) is 1. The molecule has 0 unspecified atom stereocenters. The molecule has 0 radical (unpaired) electrons. The lowest BCUT2D eigenvalue weighted by Crippen LogP contribution is -2.28. The minimum Gasteiger partial charge on any atom is -0.478 e. The van der Waals surface area contributed by atoms with Crippen LogP contribution < -0.4 is 4.74 Å². The molecule has 0 amide bonds. The van der Waals surface area contributed by atoms with Gasteiger partial charge < -0.3 is 4.74 Å². The summed E-state index contributed by atoms with van der Waals surface area (Å²) in [6.07, 6.45) is 1.49. The van der Waals surface area contributed by atoms with Crippen LogP contribution in [0.15, 0.2) is 30.5 Å². The fraction of sp³-hybridized carbons (Fsp3) is 0.267. The first kappa shape index (κ1) is 16.2. The molecule has 0 bridgehead atoms. The first-order chi connectivity index (χ1) is 10.2. The number of nitro groups is 1. The van der Waals surface area contributed by atoms with Gasteiger partial charge in [0.1, 0.15) is 5.60 Å². The lowest BCUT2D eigenvalue weighted by atomic mass is 9.99. The highest BCUT2D eigenvalue weighted by molar-refractivity contribution is 6.30. The summed E-state index contributed by atoms with van der Waals surface area (Å²) >= 11 is 5.87. The van der Waals surface area contributed by atoms with Crippen LogP contribution >= 0.6 is 11.6 Å². The second kappa shape index (κ2) is 5.88. The van der Waals surface area contributed by atoms with Crippen LogP contribution in [0.5, 0.6) is 5.75 Å². The maximum Gasteiger partial charge on any atom is 0.272 e. The highest BCUT2D eigenvalue weighted by Crippen LogP contribution is 2.32. The first-order valence-electron chi connectivity index (χ1n) is 6.46. The van der Waals surface area contributed by atoms with E-state index in [4.69, 9.17) is 16.3 Å². The number of aryl methyl sites for hydroxylation is 1. The summed E-state index contributed by atoms with van der Waals surface area (Å²) < 4.78 is 19.6. The van der Waals surface area contributed by atoms with Gasteiger partial charge in [-0.1, -0.05) is 11.6 Å². The first-order valence-corrected chi connectivity index (χ1v) is 6.84. The Morgan fingerprint density at radius 3 is 2.59 bits per heavy atom. The van der Waals surface area contributed by atoms with E-state index in [0.29, 0.717) is 10.7 Å². The summed E-state index contributed by atoms with van der Waals surface area (Å²) in [4.78, 5) is 14.2. The lowest BCUT2D eigenvalue weighted by Gasteiger charge is -2.27. The quantitative estimate of drug-likeness (QED) is 0.617. The topological polar surface area (TPSA) is 65.3 Å². The Bertz CT molecular complexity index is 735. The Hall–Kier alpha value is -2.21. The van der Waals surface area contributed by atoms with Crippen LogP contribution in [0.25, 0.3) is 0 Å². The average Bonchev–Trinajstić information content (AvgIpc) is 2.40. The molecule has 5 nitrogen and oxygen atoms in total. The highest BCUT2D eigenvalue weighted by atomic mass is 35.5. The van der Waals surface area contributed by atoms with Crippen molar-refractivity contribution >= 4 is 17.3 Å². The number of nitrogens with zero attached hydrogens (tertiary/aromatic N) is 2. The van der Waals surface area contributed by atoms with Crippen molar-refractivity contribution in [3.05, 3.63) is 62.7 Å². The largest absolute Gasteiger partial charge is 0.478 e. The van der Waals surface area contributed by atoms with Crippen LogP contribution in [0.1, 0.15) is 25.1 Å². The van der Waals surface area contributed by atoms with Gasteiger partial charge in [0, 0.05) is 12.3 Å². The Morgan fingerprint density at radius 2 is 2.05 bits per heavy atom. The summed E-state index contributed by atoms with van der Waals surface area (Å²) in [7, 11) is 0. The number of nitro benzene ring substituents is 1. The molecule has 0 saturated carbocycles. The van der Waals surface area contributed by atoms with Crippen LogP contribution in [-0.2, 0) is 5.60 Å². The summed E-state index contributed by atoms with van der Waals surface area (Å²) in [6, 6.07) is 4.99. The van der Waals surface area contributed by atoms with Gasteiger partial charge >= 0.3 is 0 Å². The molecule has 22 heavy (non-hydrogen) atoms. The Morgan fingerprint density at radius 1 is 1.36 bits per heavy atom. The lowest BCUT2D eigenvalue weighted by molar-refractivity contribution is -0.385. The summed E-state index contributed by atoms with van der Waals surface area (Å²) in [5.74, 6) is -0.874. The van der Waals surface area contributed by atoms with Gasteiger partial charge in [0.05, 0.1) is 21.7 Å². The number of aromatic nitrogens is 1. The van der Waals surface area contributed by atoms with Crippen molar-refractivity contribution < 1.29 is 14.1 Å². The molecular weight excluding hydrogens is 311 g/mol. The molecule has 116 valence electrons. The third-order valence-electron chi connectivity index (χ3n) is 3.11. The van der Waals surface area contributed by atoms with E-state index < -0.39 is 16.3 Å². The van der Waals surface area contributed by atoms with Gasteiger partial charge in [-0.15, -0.1) is 0 Å². The van der Waals surface area contributed by atoms with E-state index in [1.54, 1.807) is 19.9 Å². The van der Waals surface area contributed by atoms with E-state index in [1.165, 1.54) is 18.3 Å².